The predicted octanol–water partition coefficient (Wildman–Crippen LogP) is 5.23. The van der Waals surface area contributed by atoms with E-state index in [1.54, 1.807) is 18.2 Å². The number of methoxy groups -OCH3 is 3. The first-order valence-corrected chi connectivity index (χ1v) is 9.13. The average molecular weight is 405 g/mol. The Morgan fingerprint density at radius 2 is 1.55 bits per heavy atom. The van der Waals surface area contributed by atoms with Gasteiger partial charge in [0.05, 0.1) is 38.9 Å². The normalized spacial score (nSPS) is 11.0. The highest BCUT2D eigenvalue weighted by atomic mass is 16.6. The highest BCUT2D eigenvalue weighted by molar-refractivity contribution is 5.58. The Bertz CT molecular complexity index is 839. The van der Waals surface area contributed by atoms with Crippen molar-refractivity contribution in [3.05, 3.63) is 40.4 Å². The first-order chi connectivity index (χ1) is 13.7. The van der Waals surface area contributed by atoms with E-state index in [2.05, 4.69) is 20.8 Å². The Morgan fingerprint density at radius 1 is 0.931 bits per heavy atom. The van der Waals surface area contributed by atoms with Gasteiger partial charge in [0.1, 0.15) is 11.5 Å². The molecule has 0 N–H and O–H groups in total. The molecule has 0 fully saturated rings. The largest absolute Gasteiger partial charge is 0.493 e. The number of hydrogen-bond acceptors (Lipinski definition) is 7. The zero-order valence-electron chi connectivity index (χ0n) is 17.6. The molecule has 2 rings (SSSR count). The van der Waals surface area contributed by atoms with Crippen molar-refractivity contribution in [3.8, 4) is 34.5 Å². The molecule has 0 unspecified atom stereocenters. The first kappa shape index (κ1) is 22.1. The molecule has 0 saturated heterocycles. The monoisotopic (exact) mass is 405 g/mol. The van der Waals surface area contributed by atoms with E-state index >= 15 is 0 Å². The highest BCUT2D eigenvalue weighted by Crippen LogP contribution is 2.43. The minimum absolute atomic E-state index is 0.0276. The van der Waals surface area contributed by atoms with Crippen LogP contribution in [-0.4, -0.2) is 32.9 Å². The van der Waals surface area contributed by atoms with Gasteiger partial charge >= 0.3 is 5.69 Å². The van der Waals surface area contributed by atoms with Crippen molar-refractivity contribution in [2.45, 2.75) is 27.2 Å². The highest BCUT2D eigenvalue weighted by Gasteiger charge is 2.21. The molecule has 2 aromatic carbocycles. The van der Waals surface area contributed by atoms with Crippen LogP contribution >= 0.6 is 0 Å². The summed E-state index contributed by atoms with van der Waals surface area (Å²) in [5, 5.41) is 11.6. The van der Waals surface area contributed by atoms with Gasteiger partial charge in [-0.3, -0.25) is 10.1 Å². The maximum Gasteiger partial charge on any atom is 0.315 e. The number of hydrogen-bond donors (Lipinski definition) is 0. The molecular formula is C21H27NO7. The molecule has 0 aliphatic carbocycles. The van der Waals surface area contributed by atoms with Gasteiger partial charge in [-0.2, -0.15) is 0 Å². The SMILES string of the molecule is CCC(C)(C)COc1ccc(Oc2cc(OC)c(OC)c(OC)c2)c([N+](=O)[O-])c1. The Hall–Kier alpha value is -3.16. The van der Waals surface area contributed by atoms with Crippen molar-refractivity contribution >= 4 is 5.69 Å². The van der Waals surface area contributed by atoms with Crippen molar-refractivity contribution in [3.63, 3.8) is 0 Å². The van der Waals surface area contributed by atoms with E-state index in [1.165, 1.54) is 33.5 Å². The van der Waals surface area contributed by atoms with E-state index in [-0.39, 0.29) is 16.9 Å². The molecule has 2 aromatic rings. The van der Waals surface area contributed by atoms with Crippen LogP contribution < -0.4 is 23.7 Å². The van der Waals surface area contributed by atoms with Gasteiger partial charge in [0.2, 0.25) is 11.5 Å². The van der Waals surface area contributed by atoms with Crippen molar-refractivity contribution < 1.29 is 28.6 Å². The van der Waals surface area contributed by atoms with E-state index in [0.29, 0.717) is 35.4 Å². The van der Waals surface area contributed by atoms with E-state index in [1.807, 2.05) is 0 Å². The Morgan fingerprint density at radius 3 is 2.03 bits per heavy atom. The van der Waals surface area contributed by atoms with Gasteiger partial charge in [-0.15, -0.1) is 0 Å². The number of nitro groups is 1. The fraction of sp³-hybridized carbons (Fsp3) is 0.429. The lowest BCUT2D eigenvalue weighted by molar-refractivity contribution is -0.385. The van der Waals surface area contributed by atoms with Gasteiger partial charge < -0.3 is 23.7 Å². The lowest BCUT2D eigenvalue weighted by Gasteiger charge is -2.22. The summed E-state index contributed by atoms with van der Waals surface area (Å²) in [4.78, 5) is 11.1. The molecule has 158 valence electrons. The van der Waals surface area contributed by atoms with Crippen LogP contribution in [0.25, 0.3) is 0 Å². The smallest absolute Gasteiger partial charge is 0.315 e. The van der Waals surface area contributed by atoms with Gasteiger partial charge in [-0.05, 0) is 24.0 Å². The van der Waals surface area contributed by atoms with E-state index in [4.69, 9.17) is 23.7 Å². The van der Waals surface area contributed by atoms with Gasteiger partial charge in [0.15, 0.2) is 11.5 Å². The maximum absolute atomic E-state index is 11.6. The number of ether oxygens (including phenoxy) is 5. The summed E-state index contributed by atoms with van der Waals surface area (Å²) in [5.41, 5.74) is -0.231. The molecule has 8 nitrogen and oxygen atoms in total. The molecule has 8 heteroatoms. The van der Waals surface area contributed by atoms with Gasteiger partial charge in [0, 0.05) is 12.1 Å². The molecule has 0 heterocycles. The quantitative estimate of drug-likeness (QED) is 0.395. The van der Waals surface area contributed by atoms with Gasteiger partial charge in [-0.1, -0.05) is 20.8 Å². The molecule has 0 atom stereocenters. The van der Waals surface area contributed by atoms with E-state index < -0.39 is 4.92 Å². The fourth-order valence-corrected chi connectivity index (χ4v) is 2.44. The molecule has 0 saturated carbocycles. The summed E-state index contributed by atoms with van der Waals surface area (Å²) in [6.07, 6.45) is 0.928. The summed E-state index contributed by atoms with van der Waals surface area (Å²) in [6, 6.07) is 7.65. The second kappa shape index (κ2) is 9.36. The summed E-state index contributed by atoms with van der Waals surface area (Å²) in [6.45, 7) is 6.67. The molecule has 29 heavy (non-hydrogen) atoms. The van der Waals surface area contributed by atoms with Crippen LogP contribution in [0.4, 0.5) is 5.69 Å². The maximum atomic E-state index is 11.6. The zero-order valence-corrected chi connectivity index (χ0v) is 17.6. The van der Waals surface area contributed by atoms with E-state index in [0.717, 1.165) is 6.42 Å². The topological polar surface area (TPSA) is 89.3 Å². The third kappa shape index (κ3) is 5.43. The number of rotatable bonds is 10. The minimum Gasteiger partial charge on any atom is -0.493 e. The Balaban J connectivity index is 2.34. The first-order valence-electron chi connectivity index (χ1n) is 9.13. The summed E-state index contributed by atoms with van der Waals surface area (Å²) < 4.78 is 27.4. The molecule has 0 amide bonds. The van der Waals surface area contributed by atoms with Crippen LogP contribution in [0.15, 0.2) is 30.3 Å². The van der Waals surface area contributed by atoms with Crippen LogP contribution in [0.1, 0.15) is 27.2 Å². The second-order valence-corrected chi connectivity index (χ2v) is 7.16. The molecule has 0 spiro atoms. The third-order valence-electron chi connectivity index (χ3n) is 4.58. The van der Waals surface area contributed by atoms with E-state index in [9.17, 15) is 10.1 Å². The van der Waals surface area contributed by atoms with Crippen molar-refractivity contribution in [1.29, 1.82) is 0 Å². The molecule has 0 radical (unpaired) electrons. The molecule has 0 aliphatic rings. The molecule has 0 aromatic heterocycles. The summed E-state index contributed by atoms with van der Waals surface area (Å²) in [5.74, 6) is 1.96. The van der Waals surface area contributed by atoms with Crippen molar-refractivity contribution in [1.82, 2.24) is 0 Å². The van der Waals surface area contributed by atoms with Crippen molar-refractivity contribution in [2.75, 3.05) is 27.9 Å². The lowest BCUT2D eigenvalue weighted by atomic mass is 9.92. The van der Waals surface area contributed by atoms with Crippen LogP contribution in [0.5, 0.6) is 34.5 Å². The Labute approximate surface area is 170 Å². The number of nitrogens with zero attached hydrogens (tertiary/aromatic N) is 1. The zero-order chi connectivity index (χ0) is 21.6. The summed E-state index contributed by atoms with van der Waals surface area (Å²) in [7, 11) is 4.45. The predicted molar refractivity (Wildman–Crippen MR) is 109 cm³/mol. The van der Waals surface area contributed by atoms with Gasteiger partial charge in [-0.25, -0.2) is 0 Å². The third-order valence-corrected chi connectivity index (χ3v) is 4.58. The average Bonchev–Trinajstić information content (AvgIpc) is 2.72. The molecular weight excluding hydrogens is 378 g/mol. The van der Waals surface area contributed by atoms with Crippen LogP contribution in [0.3, 0.4) is 0 Å². The fourth-order valence-electron chi connectivity index (χ4n) is 2.44. The Kier molecular flexibility index (Phi) is 7.14. The minimum atomic E-state index is -0.509. The number of benzene rings is 2. The molecule has 0 bridgehead atoms. The standard InChI is InChI=1S/C21H27NO7/c1-7-21(2,3)13-28-14-8-9-17(16(10-14)22(23)24)29-15-11-18(25-4)20(27-6)19(12-15)26-5/h8-12H,7,13H2,1-6H3. The summed E-state index contributed by atoms with van der Waals surface area (Å²) >= 11 is 0. The lowest BCUT2D eigenvalue weighted by Crippen LogP contribution is -2.20. The van der Waals surface area contributed by atoms with Crippen LogP contribution in [0.2, 0.25) is 0 Å². The van der Waals surface area contributed by atoms with Crippen LogP contribution in [-0.2, 0) is 0 Å². The van der Waals surface area contributed by atoms with Crippen molar-refractivity contribution in [2.24, 2.45) is 5.41 Å². The van der Waals surface area contributed by atoms with Gasteiger partial charge in [0.25, 0.3) is 0 Å². The van der Waals surface area contributed by atoms with Crippen LogP contribution in [0, 0.1) is 15.5 Å². The number of nitro benzene ring substituents is 1. The second-order valence-electron chi connectivity index (χ2n) is 7.16. The molecule has 0 aliphatic heterocycles.